The zero-order valence-corrected chi connectivity index (χ0v) is 30.1. The lowest BCUT2D eigenvalue weighted by Gasteiger charge is -2.37. The van der Waals surface area contributed by atoms with E-state index in [1.54, 1.807) is 24.1 Å². The van der Waals surface area contributed by atoms with E-state index in [0.717, 1.165) is 22.4 Å². The molecule has 266 valence electrons. The van der Waals surface area contributed by atoms with Crippen LogP contribution in [0.2, 0.25) is 5.15 Å². The Morgan fingerprint density at radius 1 is 0.980 bits per heavy atom. The molecule has 11 nitrogen and oxygen atoms in total. The number of methoxy groups -OCH3 is 1. The van der Waals surface area contributed by atoms with Crippen molar-refractivity contribution in [1.29, 1.82) is 0 Å². The molecule has 0 aliphatic carbocycles. The molecular formula is C39H43ClN6O5. The smallest absolute Gasteiger partial charge is 0.408 e. The minimum atomic E-state index is -0.953. The number of carbonyl (C=O) groups excluding carboxylic acids is 1. The summed E-state index contributed by atoms with van der Waals surface area (Å²) in [6.45, 7) is 11.5. The molecule has 3 aromatic carbocycles. The number of nitrogens with one attached hydrogen (secondary N) is 2. The van der Waals surface area contributed by atoms with Crippen LogP contribution >= 0.6 is 11.6 Å². The number of fused-ring (bicyclic) bond motifs is 1. The third-order valence-corrected chi connectivity index (χ3v) is 8.99. The normalized spacial score (nSPS) is 19.1. The number of ether oxygens (including phenoxy) is 4. The summed E-state index contributed by atoms with van der Waals surface area (Å²) in [5.74, 6) is 0.989. The summed E-state index contributed by atoms with van der Waals surface area (Å²) < 4.78 is 25.7. The van der Waals surface area contributed by atoms with E-state index in [2.05, 4.69) is 46.5 Å². The van der Waals surface area contributed by atoms with E-state index >= 15 is 0 Å². The van der Waals surface area contributed by atoms with Gasteiger partial charge in [0, 0.05) is 0 Å². The van der Waals surface area contributed by atoms with Gasteiger partial charge in [-0.25, -0.2) is 9.78 Å². The van der Waals surface area contributed by atoms with E-state index < -0.39 is 41.7 Å². The zero-order chi connectivity index (χ0) is 36.2. The maximum absolute atomic E-state index is 13.0. The second-order valence-electron chi connectivity index (χ2n) is 13.2. The molecule has 0 bridgehead atoms. The molecule has 2 N–H and O–H groups in total. The Kier molecular flexibility index (Phi) is 10.6. The molecule has 2 aromatic heterocycles. The second-order valence-corrected chi connectivity index (χ2v) is 13.6. The number of nitrogens with zero attached hydrogens (tertiary/aromatic N) is 4. The molecular weight excluding hydrogens is 668 g/mol. The summed E-state index contributed by atoms with van der Waals surface area (Å²) in [6, 6.07) is 27.5. The van der Waals surface area contributed by atoms with Crippen molar-refractivity contribution in [3.8, 4) is 5.75 Å². The van der Waals surface area contributed by atoms with Crippen LogP contribution in [0.3, 0.4) is 0 Å². The van der Waals surface area contributed by atoms with Gasteiger partial charge in [-0.15, -0.1) is 6.58 Å². The summed E-state index contributed by atoms with van der Waals surface area (Å²) >= 11 is 6.88. The SMILES string of the molecule is C=CCO[C@@H]1[C@H](NC(=O)OC(C)(C)C)[C@@H](CC)O[C@H]1n1cnc2c(Cl)nc(NC(c3ccccc3)(c3ccccc3)c3ccc(OC)cc3)nc21. The first-order chi connectivity index (χ1) is 24.6. The topological polar surface area (TPSA) is 122 Å². The van der Waals surface area contributed by atoms with Crippen molar-refractivity contribution in [2.45, 2.75) is 69.7 Å². The summed E-state index contributed by atoms with van der Waals surface area (Å²) in [6.07, 6.45) is 1.52. The molecule has 1 fully saturated rings. The highest BCUT2D eigenvalue weighted by molar-refractivity contribution is 6.33. The van der Waals surface area contributed by atoms with Crippen LogP contribution in [-0.2, 0) is 19.7 Å². The van der Waals surface area contributed by atoms with Gasteiger partial charge in [-0.1, -0.05) is 97.4 Å². The Morgan fingerprint density at radius 3 is 2.18 bits per heavy atom. The Bertz CT molecular complexity index is 1910. The van der Waals surface area contributed by atoms with Crippen LogP contribution in [0, 0.1) is 0 Å². The first-order valence-corrected chi connectivity index (χ1v) is 17.3. The molecule has 6 rings (SSSR count). The van der Waals surface area contributed by atoms with E-state index in [1.165, 1.54) is 0 Å². The lowest BCUT2D eigenvalue weighted by Crippen LogP contribution is -2.49. The second kappa shape index (κ2) is 15.1. The van der Waals surface area contributed by atoms with E-state index in [9.17, 15) is 4.79 Å². The number of aromatic nitrogens is 4. The highest BCUT2D eigenvalue weighted by Gasteiger charge is 2.47. The van der Waals surface area contributed by atoms with Gasteiger partial charge < -0.3 is 29.6 Å². The maximum atomic E-state index is 13.0. The Hall–Kier alpha value is -4.97. The van der Waals surface area contributed by atoms with Gasteiger partial charge in [0.25, 0.3) is 0 Å². The van der Waals surface area contributed by atoms with Gasteiger partial charge in [-0.05, 0) is 56.0 Å². The molecule has 0 spiro atoms. The third kappa shape index (κ3) is 7.42. The Morgan fingerprint density at radius 2 is 1.61 bits per heavy atom. The van der Waals surface area contributed by atoms with Gasteiger partial charge in [0.15, 0.2) is 17.0 Å². The molecule has 4 atom stereocenters. The number of hydrogen-bond donors (Lipinski definition) is 2. The third-order valence-electron chi connectivity index (χ3n) is 8.73. The molecule has 0 unspecified atom stereocenters. The van der Waals surface area contributed by atoms with Gasteiger partial charge in [-0.3, -0.25) is 4.57 Å². The Labute approximate surface area is 303 Å². The Balaban J connectivity index is 1.46. The van der Waals surface area contributed by atoms with Crippen molar-refractivity contribution in [3.63, 3.8) is 0 Å². The fourth-order valence-corrected chi connectivity index (χ4v) is 6.73. The van der Waals surface area contributed by atoms with Crippen molar-refractivity contribution in [2.75, 3.05) is 19.0 Å². The van der Waals surface area contributed by atoms with E-state index in [1.807, 2.05) is 88.4 Å². The zero-order valence-electron chi connectivity index (χ0n) is 29.4. The van der Waals surface area contributed by atoms with Gasteiger partial charge in [0.1, 0.15) is 28.5 Å². The molecule has 5 aromatic rings. The van der Waals surface area contributed by atoms with Gasteiger partial charge in [0.2, 0.25) is 5.95 Å². The van der Waals surface area contributed by atoms with Crippen LogP contribution in [0.5, 0.6) is 5.75 Å². The van der Waals surface area contributed by atoms with Gasteiger partial charge in [-0.2, -0.15) is 9.97 Å². The molecule has 0 radical (unpaired) electrons. The van der Waals surface area contributed by atoms with Crippen LogP contribution in [-0.4, -0.2) is 63.2 Å². The fourth-order valence-electron chi connectivity index (χ4n) is 6.51. The summed E-state index contributed by atoms with van der Waals surface area (Å²) in [7, 11) is 1.64. The number of halogens is 1. The number of imidazole rings is 1. The average Bonchev–Trinajstić information content (AvgIpc) is 3.70. The molecule has 1 aliphatic heterocycles. The van der Waals surface area contributed by atoms with Crippen molar-refractivity contribution in [3.05, 3.63) is 126 Å². The largest absolute Gasteiger partial charge is 0.497 e. The number of anilines is 1. The van der Waals surface area contributed by atoms with E-state index in [-0.39, 0.29) is 17.7 Å². The standard InChI is InChI=1S/C39H43ClN6O5/c1-7-23-49-32-30(42-37(47)51-38(3,4)5)29(8-2)50-35(32)46-24-41-31-33(40)43-36(44-34(31)46)45-39(25-15-11-9-12-16-25,26-17-13-10-14-18-26)27-19-21-28(48-6)22-20-27/h7,9-22,24,29-30,32,35H,1,8,23H2,2-6H3,(H,42,47)(H,43,44,45)/t29-,30-,32-,35-/m1/s1. The lowest BCUT2D eigenvalue weighted by molar-refractivity contribution is -0.0558. The van der Waals surface area contributed by atoms with Crippen molar-refractivity contribution >= 4 is 34.8 Å². The minimum Gasteiger partial charge on any atom is -0.497 e. The van der Waals surface area contributed by atoms with Crippen LogP contribution < -0.4 is 15.4 Å². The summed E-state index contributed by atoms with van der Waals surface area (Å²) in [4.78, 5) is 27.3. The van der Waals surface area contributed by atoms with Crippen molar-refractivity contribution in [1.82, 2.24) is 24.8 Å². The maximum Gasteiger partial charge on any atom is 0.408 e. The van der Waals surface area contributed by atoms with E-state index in [0.29, 0.717) is 17.6 Å². The number of rotatable bonds is 12. The quantitative estimate of drug-likeness (QED) is 0.0763. The van der Waals surface area contributed by atoms with Crippen molar-refractivity contribution in [2.24, 2.45) is 0 Å². The molecule has 51 heavy (non-hydrogen) atoms. The molecule has 1 amide bonds. The number of hydrogen-bond acceptors (Lipinski definition) is 9. The molecule has 0 saturated carbocycles. The van der Waals surface area contributed by atoms with E-state index in [4.69, 9.17) is 40.5 Å². The lowest BCUT2D eigenvalue weighted by atomic mass is 9.77. The summed E-state index contributed by atoms with van der Waals surface area (Å²) in [5, 5.41) is 6.84. The fraction of sp³-hybridized carbons (Fsp3) is 0.333. The molecule has 3 heterocycles. The van der Waals surface area contributed by atoms with Crippen molar-refractivity contribution < 1.29 is 23.7 Å². The van der Waals surface area contributed by atoms with Crippen LogP contribution in [0.25, 0.3) is 11.2 Å². The monoisotopic (exact) mass is 710 g/mol. The van der Waals surface area contributed by atoms with Crippen LogP contribution in [0.15, 0.2) is 104 Å². The number of benzene rings is 3. The molecule has 12 heteroatoms. The first kappa shape index (κ1) is 35.8. The summed E-state index contributed by atoms with van der Waals surface area (Å²) in [5.41, 5.74) is 2.01. The molecule has 1 aliphatic rings. The number of amides is 1. The van der Waals surface area contributed by atoms with Crippen LogP contribution in [0.4, 0.5) is 10.7 Å². The predicted molar refractivity (Wildman–Crippen MR) is 197 cm³/mol. The van der Waals surface area contributed by atoms with Crippen LogP contribution in [0.1, 0.15) is 57.0 Å². The minimum absolute atomic E-state index is 0.156. The van der Waals surface area contributed by atoms with Gasteiger partial charge >= 0.3 is 6.09 Å². The first-order valence-electron chi connectivity index (χ1n) is 16.9. The highest BCUT2D eigenvalue weighted by Crippen LogP contribution is 2.41. The van der Waals surface area contributed by atoms with Gasteiger partial charge in [0.05, 0.1) is 32.2 Å². The predicted octanol–water partition coefficient (Wildman–Crippen LogP) is 7.66. The molecule has 1 saturated heterocycles. The highest BCUT2D eigenvalue weighted by atomic mass is 35.5. The average molecular weight is 711 g/mol. The number of alkyl carbamates (subject to hydrolysis) is 1. The number of carbonyl (C=O) groups is 1.